The minimum absolute atomic E-state index is 0.0972. The second-order valence-corrected chi connectivity index (χ2v) is 3.80. The molecule has 1 rings (SSSR count). The van der Waals surface area contributed by atoms with Crippen LogP contribution in [0.4, 0.5) is 13.2 Å². The summed E-state index contributed by atoms with van der Waals surface area (Å²) in [5.41, 5.74) is -2.28. The molecule has 0 saturated carbocycles. The molecule has 0 atom stereocenters. The number of hydrogen-bond acceptors (Lipinski definition) is 2. The lowest BCUT2D eigenvalue weighted by atomic mass is 9.86. The highest BCUT2D eigenvalue weighted by Crippen LogP contribution is 2.36. The van der Waals surface area contributed by atoms with Crippen molar-refractivity contribution in [2.45, 2.75) is 25.4 Å². The highest BCUT2D eigenvalue weighted by atomic mass is 19.4. The number of aryl methyl sites for hydroxylation is 1. The Balaban J connectivity index is 3.38. The van der Waals surface area contributed by atoms with Crippen LogP contribution in [0.5, 0.6) is 0 Å². The molecule has 0 aromatic carbocycles. The summed E-state index contributed by atoms with van der Waals surface area (Å²) < 4.78 is 38.7. The average molecular weight is 217 g/mol. The molecule has 0 amide bonds. The third-order valence-corrected chi connectivity index (χ3v) is 2.05. The third-order valence-electron chi connectivity index (χ3n) is 2.05. The molecule has 0 fully saturated rings. The molecule has 0 aliphatic carbocycles. The molecule has 1 aromatic rings. The molecule has 15 heavy (non-hydrogen) atoms. The van der Waals surface area contributed by atoms with Crippen molar-refractivity contribution >= 4 is 0 Å². The SMILES string of the molecule is Cn1cc(C(C)(C)C#N)c(C(F)(F)F)n1. The number of aromatic nitrogens is 2. The fraction of sp³-hybridized carbons (Fsp3) is 0.556. The zero-order chi connectivity index (χ0) is 11.9. The first-order valence-corrected chi connectivity index (χ1v) is 4.21. The predicted molar refractivity (Wildman–Crippen MR) is 46.8 cm³/mol. The van der Waals surface area contributed by atoms with E-state index in [1.807, 2.05) is 6.07 Å². The van der Waals surface area contributed by atoms with Gasteiger partial charge in [0.25, 0.3) is 0 Å². The first kappa shape index (κ1) is 11.6. The minimum Gasteiger partial charge on any atom is -0.275 e. The van der Waals surface area contributed by atoms with Gasteiger partial charge >= 0.3 is 6.18 Å². The van der Waals surface area contributed by atoms with Crippen molar-refractivity contribution in [1.29, 1.82) is 5.26 Å². The molecule has 0 aliphatic heterocycles. The lowest BCUT2D eigenvalue weighted by Gasteiger charge is -2.15. The van der Waals surface area contributed by atoms with E-state index >= 15 is 0 Å². The third kappa shape index (κ3) is 2.12. The van der Waals surface area contributed by atoms with Gasteiger partial charge in [0.15, 0.2) is 5.69 Å². The van der Waals surface area contributed by atoms with Crippen LogP contribution in [0.25, 0.3) is 0 Å². The lowest BCUT2D eigenvalue weighted by molar-refractivity contribution is -0.142. The van der Waals surface area contributed by atoms with Crippen LogP contribution < -0.4 is 0 Å². The first-order chi connectivity index (χ1) is 6.68. The van der Waals surface area contributed by atoms with Gasteiger partial charge in [-0.3, -0.25) is 4.68 Å². The Hall–Kier alpha value is -1.51. The summed E-state index contributed by atoms with van der Waals surface area (Å²) >= 11 is 0. The second-order valence-electron chi connectivity index (χ2n) is 3.80. The van der Waals surface area contributed by atoms with Gasteiger partial charge in [0.05, 0.1) is 11.5 Å². The Morgan fingerprint density at radius 3 is 2.33 bits per heavy atom. The van der Waals surface area contributed by atoms with E-state index in [0.717, 1.165) is 4.68 Å². The molecule has 0 spiro atoms. The second kappa shape index (κ2) is 3.26. The van der Waals surface area contributed by atoms with Crippen LogP contribution in [0.3, 0.4) is 0 Å². The van der Waals surface area contributed by atoms with Crippen LogP contribution in [-0.4, -0.2) is 9.78 Å². The highest BCUT2D eigenvalue weighted by molar-refractivity contribution is 5.33. The molecule has 0 radical (unpaired) electrons. The Labute approximate surface area is 85.1 Å². The molecule has 0 N–H and O–H groups in total. The Bertz CT molecular complexity index is 409. The first-order valence-electron chi connectivity index (χ1n) is 4.21. The lowest BCUT2D eigenvalue weighted by Crippen LogP contribution is -2.19. The maximum absolute atomic E-state index is 12.5. The summed E-state index contributed by atoms with van der Waals surface area (Å²) in [5, 5.41) is 12.1. The molecule has 1 heterocycles. The van der Waals surface area contributed by atoms with Crippen LogP contribution in [0, 0.1) is 11.3 Å². The summed E-state index contributed by atoms with van der Waals surface area (Å²) in [6.07, 6.45) is -3.29. The fourth-order valence-corrected chi connectivity index (χ4v) is 1.22. The van der Waals surface area contributed by atoms with Crippen molar-refractivity contribution in [1.82, 2.24) is 9.78 Å². The van der Waals surface area contributed by atoms with Gasteiger partial charge in [-0.25, -0.2) is 0 Å². The minimum atomic E-state index is -4.52. The van der Waals surface area contributed by atoms with E-state index in [0.29, 0.717) is 0 Å². The van der Waals surface area contributed by atoms with Gasteiger partial charge in [0.2, 0.25) is 0 Å². The van der Waals surface area contributed by atoms with E-state index in [9.17, 15) is 13.2 Å². The highest BCUT2D eigenvalue weighted by Gasteiger charge is 2.41. The van der Waals surface area contributed by atoms with Gasteiger partial charge in [-0.1, -0.05) is 0 Å². The number of alkyl halides is 3. The van der Waals surface area contributed by atoms with Gasteiger partial charge in [-0.05, 0) is 13.8 Å². The van der Waals surface area contributed by atoms with Crippen molar-refractivity contribution in [3.05, 3.63) is 17.5 Å². The van der Waals surface area contributed by atoms with E-state index in [4.69, 9.17) is 5.26 Å². The number of nitrogens with zero attached hydrogens (tertiary/aromatic N) is 3. The Morgan fingerprint density at radius 1 is 1.40 bits per heavy atom. The van der Waals surface area contributed by atoms with Crippen molar-refractivity contribution < 1.29 is 13.2 Å². The van der Waals surface area contributed by atoms with Crippen molar-refractivity contribution in [3.63, 3.8) is 0 Å². The maximum atomic E-state index is 12.5. The van der Waals surface area contributed by atoms with E-state index in [1.165, 1.54) is 27.1 Å². The molecular formula is C9H10F3N3. The van der Waals surface area contributed by atoms with Gasteiger partial charge in [-0.2, -0.15) is 23.5 Å². The van der Waals surface area contributed by atoms with Gasteiger partial charge in [0.1, 0.15) is 0 Å². The summed E-state index contributed by atoms with van der Waals surface area (Å²) in [4.78, 5) is 0. The monoisotopic (exact) mass is 217 g/mol. The Morgan fingerprint density at radius 2 is 1.93 bits per heavy atom. The number of nitriles is 1. The summed E-state index contributed by atoms with van der Waals surface area (Å²) in [7, 11) is 1.40. The number of halogens is 3. The summed E-state index contributed by atoms with van der Waals surface area (Å²) in [6, 6.07) is 1.83. The molecule has 0 aliphatic rings. The summed E-state index contributed by atoms with van der Waals surface area (Å²) in [6.45, 7) is 2.86. The van der Waals surface area contributed by atoms with E-state index in [-0.39, 0.29) is 5.56 Å². The van der Waals surface area contributed by atoms with Crippen LogP contribution in [0.2, 0.25) is 0 Å². The molecular weight excluding hydrogens is 207 g/mol. The van der Waals surface area contributed by atoms with E-state index < -0.39 is 17.3 Å². The number of hydrogen-bond donors (Lipinski definition) is 0. The molecule has 82 valence electrons. The smallest absolute Gasteiger partial charge is 0.275 e. The molecule has 3 nitrogen and oxygen atoms in total. The van der Waals surface area contributed by atoms with Crippen molar-refractivity contribution in [2.24, 2.45) is 7.05 Å². The zero-order valence-corrected chi connectivity index (χ0v) is 8.55. The predicted octanol–water partition coefficient (Wildman–Crippen LogP) is 2.24. The molecule has 0 bridgehead atoms. The van der Waals surface area contributed by atoms with Crippen LogP contribution >= 0.6 is 0 Å². The molecule has 0 saturated heterocycles. The molecule has 0 unspecified atom stereocenters. The van der Waals surface area contributed by atoms with Gasteiger partial charge in [-0.15, -0.1) is 0 Å². The average Bonchev–Trinajstić information content (AvgIpc) is 2.47. The van der Waals surface area contributed by atoms with Crippen molar-refractivity contribution in [2.75, 3.05) is 0 Å². The van der Waals surface area contributed by atoms with Crippen LogP contribution in [0.15, 0.2) is 6.20 Å². The molecule has 1 aromatic heterocycles. The normalized spacial score (nSPS) is 12.6. The van der Waals surface area contributed by atoms with Crippen molar-refractivity contribution in [3.8, 4) is 6.07 Å². The van der Waals surface area contributed by atoms with Crippen LogP contribution in [0.1, 0.15) is 25.1 Å². The Kier molecular flexibility index (Phi) is 2.51. The largest absolute Gasteiger partial charge is 0.435 e. The van der Waals surface area contributed by atoms with E-state index in [2.05, 4.69) is 5.10 Å². The van der Waals surface area contributed by atoms with Gasteiger partial charge < -0.3 is 0 Å². The quantitative estimate of drug-likeness (QED) is 0.723. The molecule has 6 heteroatoms. The topological polar surface area (TPSA) is 41.6 Å². The fourth-order valence-electron chi connectivity index (χ4n) is 1.22. The van der Waals surface area contributed by atoms with Crippen LogP contribution in [-0.2, 0) is 18.6 Å². The zero-order valence-electron chi connectivity index (χ0n) is 8.55. The summed E-state index contributed by atoms with van der Waals surface area (Å²) in [5.74, 6) is 0. The maximum Gasteiger partial charge on any atom is 0.435 e. The standard InChI is InChI=1S/C9H10F3N3/c1-8(2,5-13)6-4-15(3)14-7(6)9(10,11)12/h4H,1-3H3. The van der Waals surface area contributed by atoms with E-state index in [1.54, 1.807) is 0 Å². The number of rotatable bonds is 1. The van der Waals surface area contributed by atoms with Gasteiger partial charge in [0, 0.05) is 18.8 Å².